The number of carbonyl (C=O) groups is 1. The molecule has 104 valence electrons. The van der Waals surface area contributed by atoms with Crippen LogP contribution in [0.1, 0.15) is 40.7 Å². The van der Waals surface area contributed by atoms with E-state index in [1.165, 1.54) is 19.3 Å². The van der Waals surface area contributed by atoms with Gasteiger partial charge in [-0.15, -0.1) is 0 Å². The van der Waals surface area contributed by atoms with Gasteiger partial charge in [0.1, 0.15) is 6.61 Å². The van der Waals surface area contributed by atoms with Crippen molar-refractivity contribution in [3.8, 4) is 0 Å². The maximum atomic E-state index is 12.0. The minimum Gasteiger partial charge on any atom is -0.461 e. The molecule has 1 aromatic rings. The van der Waals surface area contributed by atoms with Gasteiger partial charge in [-0.05, 0) is 51.9 Å². The number of benzene rings is 1. The van der Waals surface area contributed by atoms with E-state index in [4.69, 9.17) is 4.74 Å². The lowest BCUT2D eigenvalue weighted by Gasteiger charge is -2.25. The fourth-order valence-electron chi connectivity index (χ4n) is 2.63. The van der Waals surface area contributed by atoms with Gasteiger partial charge in [0.25, 0.3) is 0 Å². The minimum absolute atomic E-state index is 0.205. The Morgan fingerprint density at radius 1 is 1.11 bits per heavy atom. The molecule has 0 saturated carbocycles. The molecule has 19 heavy (non-hydrogen) atoms. The molecule has 0 aliphatic carbocycles. The SMILES string of the molecule is Cc1cc(C)cc(C(=O)OCCN2CCCCC2)c1. The molecule has 0 spiro atoms. The molecule has 0 bridgehead atoms. The number of likely N-dealkylation sites (tertiary alicyclic amines) is 1. The highest BCUT2D eigenvalue weighted by atomic mass is 16.5. The summed E-state index contributed by atoms with van der Waals surface area (Å²) in [5.41, 5.74) is 2.86. The molecule has 1 aromatic carbocycles. The third-order valence-electron chi connectivity index (χ3n) is 3.55. The Hall–Kier alpha value is -1.35. The normalized spacial score (nSPS) is 16.3. The Morgan fingerprint density at radius 3 is 2.37 bits per heavy atom. The van der Waals surface area contributed by atoms with Gasteiger partial charge in [-0.25, -0.2) is 4.79 Å². The summed E-state index contributed by atoms with van der Waals surface area (Å²) in [6.45, 7) is 7.62. The number of nitrogens with zero attached hydrogens (tertiary/aromatic N) is 1. The summed E-state index contributed by atoms with van der Waals surface area (Å²) in [5, 5.41) is 0. The third kappa shape index (κ3) is 4.35. The maximum Gasteiger partial charge on any atom is 0.338 e. The average Bonchev–Trinajstić information content (AvgIpc) is 2.38. The first-order valence-electron chi connectivity index (χ1n) is 7.13. The predicted octanol–water partition coefficient (Wildman–Crippen LogP) is 2.95. The topological polar surface area (TPSA) is 29.5 Å². The molecule has 0 N–H and O–H groups in total. The highest BCUT2D eigenvalue weighted by Gasteiger charge is 2.12. The lowest BCUT2D eigenvalue weighted by Crippen LogP contribution is -2.33. The average molecular weight is 261 g/mol. The summed E-state index contributed by atoms with van der Waals surface area (Å²) in [5.74, 6) is -0.205. The second kappa shape index (κ2) is 6.71. The summed E-state index contributed by atoms with van der Waals surface area (Å²) in [6, 6.07) is 5.83. The second-order valence-corrected chi connectivity index (χ2v) is 5.41. The highest BCUT2D eigenvalue weighted by Crippen LogP contribution is 2.11. The summed E-state index contributed by atoms with van der Waals surface area (Å²) < 4.78 is 5.36. The number of hydrogen-bond acceptors (Lipinski definition) is 3. The van der Waals surface area contributed by atoms with Crippen molar-refractivity contribution in [2.24, 2.45) is 0 Å². The van der Waals surface area contributed by atoms with Gasteiger partial charge in [-0.1, -0.05) is 23.6 Å². The number of ether oxygens (including phenoxy) is 1. The molecular formula is C16H23NO2. The van der Waals surface area contributed by atoms with Crippen molar-refractivity contribution in [2.75, 3.05) is 26.2 Å². The van der Waals surface area contributed by atoms with E-state index < -0.39 is 0 Å². The zero-order valence-electron chi connectivity index (χ0n) is 11.9. The van der Waals surface area contributed by atoms with Crippen molar-refractivity contribution in [1.29, 1.82) is 0 Å². The van der Waals surface area contributed by atoms with E-state index in [0.29, 0.717) is 12.2 Å². The quantitative estimate of drug-likeness (QED) is 0.780. The molecule has 1 fully saturated rings. The molecule has 3 nitrogen and oxygen atoms in total. The molecule has 3 heteroatoms. The van der Waals surface area contributed by atoms with Gasteiger partial charge >= 0.3 is 5.97 Å². The lowest BCUT2D eigenvalue weighted by atomic mass is 10.1. The van der Waals surface area contributed by atoms with Crippen LogP contribution < -0.4 is 0 Å². The van der Waals surface area contributed by atoms with Gasteiger partial charge in [0.05, 0.1) is 5.56 Å². The third-order valence-corrected chi connectivity index (χ3v) is 3.55. The molecule has 0 aromatic heterocycles. The fraction of sp³-hybridized carbons (Fsp3) is 0.562. The Labute approximate surface area is 115 Å². The Morgan fingerprint density at radius 2 is 1.74 bits per heavy atom. The number of carbonyl (C=O) groups excluding carboxylic acids is 1. The van der Waals surface area contributed by atoms with E-state index in [-0.39, 0.29) is 5.97 Å². The van der Waals surface area contributed by atoms with Crippen molar-refractivity contribution >= 4 is 5.97 Å². The van der Waals surface area contributed by atoms with Crippen LogP contribution >= 0.6 is 0 Å². The summed E-state index contributed by atoms with van der Waals surface area (Å²) >= 11 is 0. The fourth-order valence-corrected chi connectivity index (χ4v) is 2.63. The molecule has 1 heterocycles. The zero-order valence-corrected chi connectivity index (χ0v) is 11.9. The number of rotatable bonds is 4. The predicted molar refractivity (Wildman–Crippen MR) is 76.5 cm³/mol. The van der Waals surface area contributed by atoms with Crippen LogP contribution in [0.2, 0.25) is 0 Å². The van der Waals surface area contributed by atoms with E-state index >= 15 is 0 Å². The van der Waals surface area contributed by atoms with Gasteiger partial charge in [0.15, 0.2) is 0 Å². The van der Waals surface area contributed by atoms with E-state index in [2.05, 4.69) is 11.0 Å². The largest absolute Gasteiger partial charge is 0.461 e. The second-order valence-electron chi connectivity index (χ2n) is 5.41. The molecule has 0 radical (unpaired) electrons. The summed E-state index contributed by atoms with van der Waals surface area (Å²) in [6.07, 6.45) is 3.87. The zero-order chi connectivity index (χ0) is 13.7. The number of hydrogen-bond donors (Lipinski definition) is 0. The first-order chi connectivity index (χ1) is 9.15. The van der Waals surface area contributed by atoms with Crippen molar-refractivity contribution in [2.45, 2.75) is 33.1 Å². The Balaban J connectivity index is 1.80. The molecule has 0 amide bonds. The molecule has 1 saturated heterocycles. The van der Waals surface area contributed by atoms with Crippen LogP contribution in [0.5, 0.6) is 0 Å². The molecule has 2 rings (SSSR count). The smallest absolute Gasteiger partial charge is 0.338 e. The van der Waals surface area contributed by atoms with Crippen molar-refractivity contribution in [1.82, 2.24) is 4.90 Å². The van der Waals surface area contributed by atoms with Gasteiger partial charge in [-0.3, -0.25) is 4.90 Å². The Bertz CT molecular complexity index is 416. The van der Waals surface area contributed by atoms with Gasteiger partial charge in [0, 0.05) is 6.54 Å². The van der Waals surface area contributed by atoms with Gasteiger partial charge in [-0.2, -0.15) is 0 Å². The van der Waals surface area contributed by atoms with Crippen molar-refractivity contribution < 1.29 is 9.53 Å². The lowest BCUT2D eigenvalue weighted by molar-refractivity contribution is 0.0452. The van der Waals surface area contributed by atoms with E-state index in [1.54, 1.807) is 0 Å². The van der Waals surface area contributed by atoms with Crippen LogP contribution in [-0.2, 0) is 4.74 Å². The molecule has 1 aliphatic rings. The monoisotopic (exact) mass is 261 g/mol. The van der Waals surface area contributed by atoms with Crippen LogP contribution in [-0.4, -0.2) is 37.1 Å². The number of esters is 1. The first kappa shape index (κ1) is 14.1. The van der Waals surface area contributed by atoms with E-state index in [9.17, 15) is 4.79 Å². The van der Waals surface area contributed by atoms with Crippen molar-refractivity contribution in [3.63, 3.8) is 0 Å². The van der Waals surface area contributed by atoms with Crippen molar-refractivity contribution in [3.05, 3.63) is 34.9 Å². The van der Waals surface area contributed by atoms with Gasteiger partial charge < -0.3 is 4.74 Å². The van der Waals surface area contributed by atoms with E-state index in [1.807, 2.05) is 26.0 Å². The number of aryl methyl sites for hydroxylation is 2. The van der Waals surface area contributed by atoms with Crippen LogP contribution in [0.15, 0.2) is 18.2 Å². The standard InChI is InChI=1S/C16H23NO2/c1-13-10-14(2)12-15(11-13)16(18)19-9-8-17-6-4-3-5-7-17/h10-12H,3-9H2,1-2H3. The maximum absolute atomic E-state index is 12.0. The van der Waals surface area contributed by atoms with Crippen LogP contribution in [0.25, 0.3) is 0 Å². The molecular weight excluding hydrogens is 238 g/mol. The van der Waals surface area contributed by atoms with Crippen LogP contribution in [0.4, 0.5) is 0 Å². The highest BCUT2D eigenvalue weighted by molar-refractivity contribution is 5.89. The first-order valence-corrected chi connectivity index (χ1v) is 7.13. The minimum atomic E-state index is -0.205. The van der Waals surface area contributed by atoms with Crippen LogP contribution in [0.3, 0.4) is 0 Å². The van der Waals surface area contributed by atoms with E-state index in [0.717, 1.165) is 30.8 Å². The summed E-state index contributed by atoms with van der Waals surface area (Å²) in [4.78, 5) is 14.3. The van der Waals surface area contributed by atoms with Crippen LogP contribution in [0, 0.1) is 13.8 Å². The molecule has 0 atom stereocenters. The summed E-state index contributed by atoms with van der Waals surface area (Å²) in [7, 11) is 0. The number of piperidine rings is 1. The Kier molecular flexibility index (Phi) is 4.97. The van der Waals surface area contributed by atoms with Gasteiger partial charge in [0.2, 0.25) is 0 Å². The molecule has 1 aliphatic heterocycles. The molecule has 0 unspecified atom stereocenters.